The highest BCUT2D eigenvalue weighted by Crippen LogP contribution is 2.25. The van der Waals surface area contributed by atoms with E-state index in [0.717, 1.165) is 23.6 Å². The number of carbonyl (C=O) groups excluding carboxylic acids is 1. The Morgan fingerprint density at radius 1 is 1.19 bits per heavy atom. The molecule has 3 rings (SSSR count). The molecule has 0 radical (unpaired) electrons. The van der Waals surface area contributed by atoms with Crippen molar-refractivity contribution >= 4 is 17.4 Å². The van der Waals surface area contributed by atoms with Gasteiger partial charge in [0.2, 0.25) is 0 Å². The number of amides is 1. The van der Waals surface area contributed by atoms with Gasteiger partial charge in [0.1, 0.15) is 5.82 Å². The predicted molar refractivity (Wildman–Crippen MR) is 112 cm³/mol. The second kappa shape index (κ2) is 9.03. The molecule has 2 aromatic rings. The smallest absolute Gasteiger partial charge is 0.253 e. The van der Waals surface area contributed by atoms with E-state index >= 15 is 0 Å². The van der Waals surface area contributed by atoms with Crippen LogP contribution in [0.3, 0.4) is 0 Å². The van der Waals surface area contributed by atoms with Gasteiger partial charge in [-0.1, -0.05) is 45.2 Å². The largest absolute Gasteiger partial charge is 0.352 e. The molecule has 4 heteroatoms. The summed E-state index contributed by atoms with van der Waals surface area (Å²) in [6, 6.07) is 10.2. The molecule has 1 aromatic heterocycles. The van der Waals surface area contributed by atoms with Crippen LogP contribution in [0.2, 0.25) is 0 Å². The zero-order valence-corrected chi connectivity index (χ0v) is 16.7. The summed E-state index contributed by atoms with van der Waals surface area (Å²) in [6.45, 7) is 7.07. The van der Waals surface area contributed by atoms with Crippen LogP contribution < -0.4 is 10.6 Å². The van der Waals surface area contributed by atoms with Crippen LogP contribution in [0, 0.1) is 12.8 Å². The van der Waals surface area contributed by atoms with E-state index in [-0.39, 0.29) is 11.8 Å². The Hall–Kier alpha value is -2.36. The standard InChI is InChI=1S/C23H31N3O/c1-16(2)20-13-22(26-19-11-7-8-17(3)12-19)24-15-21(20)23(27)25-14-18-9-5-4-6-10-18/h7-8,11-13,15-16,18H,4-6,9-10,14H2,1-3H3,(H,24,26)(H,25,27). The third-order valence-electron chi connectivity index (χ3n) is 5.37. The second-order valence-electron chi connectivity index (χ2n) is 8.02. The summed E-state index contributed by atoms with van der Waals surface area (Å²) in [5.74, 6) is 1.65. The topological polar surface area (TPSA) is 54.0 Å². The molecule has 4 nitrogen and oxygen atoms in total. The van der Waals surface area contributed by atoms with E-state index in [1.807, 2.05) is 18.2 Å². The molecule has 144 valence electrons. The van der Waals surface area contributed by atoms with Gasteiger partial charge in [-0.15, -0.1) is 0 Å². The minimum absolute atomic E-state index is 0.00104. The maximum absolute atomic E-state index is 12.8. The fourth-order valence-corrected chi connectivity index (χ4v) is 3.80. The number of benzene rings is 1. The van der Waals surface area contributed by atoms with Crippen LogP contribution in [0.15, 0.2) is 36.5 Å². The van der Waals surface area contributed by atoms with Gasteiger partial charge in [-0.25, -0.2) is 4.98 Å². The number of carbonyl (C=O) groups is 1. The van der Waals surface area contributed by atoms with E-state index in [2.05, 4.69) is 48.5 Å². The maximum atomic E-state index is 12.8. The molecule has 1 aliphatic rings. The molecule has 0 atom stereocenters. The van der Waals surface area contributed by atoms with Crippen molar-refractivity contribution in [2.45, 2.75) is 58.8 Å². The Labute approximate surface area is 162 Å². The van der Waals surface area contributed by atoms with Crippen molar-refractivity contribution in [3.05, 3.63) is 53.2 Å². The fourth-order valence-electron chi connectivity index (χ4n) is 3.80. The Bertz CT molecular complexity index is 779. The number of hydrogen-bond donors (Lipinski definition) is 2. The molecule has 0 bridgehead atoms. The first-order valence-electron chi connectivity index (χ1n) is 10.1. The minimum Gasteiger partial charge on any atom is -0.352 e. The zero-order chi connectivity index (χ0) is 19.2. The normalized spacial score (nSPS) is 15.0. The van der Waals surface area contributed by atoms with Gasteiger partial charge in [-0.2, -0.15) is 0 Å². The van der Waals surface area contributed by atoms with Gasteiger partial charge in [0.15, 0.2) is 0 Å². The van der Waals surface area contributed by atoms with Crippen LogP contribution in [-0.2, 0) is 0 Å². The van der Waals surface area contributed by atoms with Crippen molar-refractivity contribution in [3.8, 4) is 0 Å². The van der Waals surface area contributed by atoms with Crippen LogP contribution in [0.4, 0.5) is 11.5 Å². The molecule has 2 N–H and O–H groups in total. The number of hydrogen-bond acceptors (Lipinski definition) is 3. The minimum atomic E-state index is -0.00104. The Morgan fingerprint density at radius 2 is 1.96 bits per heavy atom. The van der Waals surface area contributed by atoms with Crippen LogP contribution >= 0.6 is 0 Å². The number of aryl methyl sites for hydroxylation is 1. The van der Waals surface area contributed by atoms with Gasteiger partial charge < -0.3 is 10.6 Å². The first-order chi connectivity index (χ1) is 13.0. The molecule has 0 unspecified atom stereocenters. The van der Waals surface area contributed by atoms with Crippen molar-refractivity contribution in [1.82, 2.24) is 10.3 Å². The van der Waals surface area contributed by atoms with Gasteiger partial charge >= 0.3 is 0 Å². The number of anilines is 2. The lowest BCUT2D eigenvalue weighted by molar-refractivity contribution is 0.0942. The predicted octanol–water partition coefficient (Wildman–Crippen LogP) is 5.57. The zero-order valence-electron chi connectivity index (χ0n) is 16.7. The molecule has 27 heavy (non-hydrogen) atoms. The molecular weight excluding hydrogens is 334 g/mol. The molecule has 1 aliphatic carbocycles. The van der Waals surface area contributed by atoms with Crippen LogP contribution in [0.5, 0.6) is 0 Å². The number of nitrogens with zero attached hydrogens (tertiary/aromatic N) is 1. The quantitative estimate of drug-likeness (QED) is 0.704. The highest BCUT2D eigenvalue weighted by Gasteiger charge is 2.18. The van der Waals surface area contributed by atoms with Gasteiger partial charge in [0.25, 0.3) is 5.91 Å². The first kappa shape index (κ1) is 19.4. The Morgan fingerprint density at radius 3 is 2.67 bits per heavy atom. The fraction of sp³-hybridized carbons (Fsp3) is 0.478. The van der Waals surface area contributed by atoms with Gasteiger partial charge in [-0.05, 0) is 60.9 Å². The second-order valence-corrected chi connectivity index (χ2v) is 8.02. The molecule has 1 amide bonds. The lowest BCUT2D eigenvalue weighted by Crippen LogP contribution is -2.31. The first-order valence-corrected chi connectivity index (χ1v) is 10.1. The van der Waals surface area contributed by atoms with E-state index in [1.165, 1.54) is 37.7 Å². The molecule has 1 aromatic carbocycles. The van der Waals surface area contributed by atoms with Crippen molar-refractivity contribution in [3.63, 3.8) is 0 Å². The maximum Gasteiger partial charge on any atom is 0.253 e. The van der Waals surface area contributed by atoms with E-state index < -0.39 is 0 Å². The molecule has 0 spiro atoms. The third-order valence-corrected chi connectivity index (χ3v) is 5.37. The van der Waals surface area contributed by atoms with E-state index in [9.17, 15) is 4.79 Å². The molecule has 1 saturated carbocycles. The summed E-state index contributed by atoms with van der Waals surface area (Å²) in [5, 5.41) is 6.49. The summed E-state index contributed by atoms with van der Waals surface area (Å²) in [4.78, 5) is 17.2. The Kier molecular flexibility index (Phi) is 6.49. The van der Waals surface area contributed by atoms with E-state index in [0.29, 0.717) is 11.5 Å². The summed E-state index contributed by atoms with van der Waals surface area (Å²) >= 11 is 0. The van der Waals surface area contributed by atoms with Gasteiger partial charge in [0, 0.05) is 18.4 Å². The van der Waals surface area contributed by atoms with Crippen molar-refractivity contribution in [2.24, 2.45) is 5.92 Å². The van der Waals surface area contributed by atoms with Gasteiger partial charge in [-0.3, -0.25) is 4.79 Å². The number of nitrogens with one attached hydrogen (secondary N) is 2. The Balaban J connectivity index is 1.71. The third kappa shape index (κ3) is 5.31. The average Bonchev–Trinajstić information content (AvgIpc) is 2.67. The number of rotatable bonds is 6. The molecule has 1 heterocycles. The molecule has 1 fully saturated rings. The molecule has 0 saturated heterocycles. The van der Waals surface area contributed by atoms with Crippen molar-refractivity contribution < 1.29 is 4.79 Å². The van der Waals surface area contributed by atoms with Crippen LogP contribution in [0.25, 0.3) is 0 Å². The van der Waals surface area contributed by atoms with Crippen molar-refractivity contribution in [1.29, 1.82) is 0 Å². The lowest BCUT2D eigenvalue weighted by atomic mass is 9.89. The van der Waals surface area contributed by atoms with Crippen LogP contribution in [0.1, 0.15) is 73.4 Å². The van der Waals surface area contributed by atoms with Crippen molar-refractivity contribution in [2.75, 3.05) is 11.9 Å². The lowest BCUT2D eigenvalue weighted by Gasteiger charge is -2.22. The summed E-state index contributed by atoms with van der Waals surface area (Å²) in [6.07, 6.45) is 8.09. The summed E-state index contributed by atoms with van der Waals surface area (Å²) in [5.41, 5.74) is 3.92. The monoisotopic (exact) mass is 365 g/mol. The number of aromatic nitrogens is 1. The van der Waals surface area contributed by atoms with E-state index in [4.69, 9.17) is 0 Å². The molecule has 0 aliphatic heterocycles. The van der Waals surface area contributed by atoms with E-state index in [1.54, 1.807) is 6.20 Å². The van der Waals surface area contributed by atoms with Crippen LogP contribution in [-0.4, -0.2) is 17.4 Å². The highest BCUT2D eigenvalue weighted by molar-refractivity contribution is 5.95. The molecular formula is C23H31N3O. The summed E-state index contributed by atoms with van der Waals surface area (Å²) in [7, 11) is 0. The SMILES string of the molecule is Cc1cccc(Nc2cc(C(C)C)c(C(=O)NCC3CCCCC3)cn2)c1. The summed E-state index contributed by atoms with van der Waals surface area (Å²) < 4.78 is 0. The average molecular weight is 366 g/mol. The van der Waals surface area contributed by atoms with Gasteiger partial charge in [0.05, 0.1) is 5.56 Å². The number of pyridine rings is 1. The highest BCUT2D eigenvalue weighted by atomic mass is 16.1.